The quantitative estimate of drug-likeness (QED) is 0.549. The Hall–Kier alpha value is -1.37. The first-order chi connectivity index (χ1) is 13.1. The first kappa shape index (κ1) is 23.9. The highest BCUT2D eigenvalue weighted by atomic mass is 28.4. The molecule has 0 saturated carbocycles. The van der Waals surface area contributed by atoms with Crippen molar-refractivity contribution in [2.75, 3.05) is 6.61 Å². The van der Waals surface area contributed by atoms with Crippen LogP contribution in [0.4, 0.5) is 4.79 Å². The van der Waals surface area contributed by atoms with Crippen molar-refractivity contribution in [3.63, 3.8) is 0 Å². The molecule has 29 heavy (non-hydrogen) atoms. The van der Waals surface area contributed by atoms with E-state index in [2.05, 4.69) is 46.0 Å². The minimum atomic E-state index is -2.11. The van der Waals surface area contributed by atoms with Crippen molar-refractivity contribution in [2.45, 2.75) is 97.0 Å². The molecule has 2 atom stereocenters. The number of nitrogens with zero attached hydrogens (tertiary/aromatic N) is 1. The minimum absolute atomic E-state index is 0.0474. The molecule has 0 spiro atoms. The number of carbonyl (C=O) groups excluding carboxylic acids is 1. The summed E-state index contributed by atoms with van der Waals surface area (Å²) in [5.74, 6) is 0. The van der Waals surface area contributed by atoms with Gasteiger partial charge in [-0.1, -0.05) is 51.1 Å². The third-order valence-electron chi connectivity index (χ3n) is 5.81. The van der Waals surface area contributed by atoms with E-state index in [0.29, 0.717) is 6.61 Å². The van der Waals surface area contributed by atoms with Gasteiger partial charge in [0.05, 0.1) is 18.8 Å². The summed E-state index contributed by atoms with van der Waals surface area (Å²) >= 11 is 0. The summed E-state index contributed by atoms with van der Waals surface area (Å²) < 4.78 is 18.7. The van der Waals surface area contributed by atoms with Crippen LogP contribution in [-0.2, 0) is 13.9 Å². The molecule has 1 fully saturated rings. The van der Waals surface area contributed by atoms with Crippen LogP contribution in [0.25, 0.3) is 0 Å². The Kier molecular flexibility index (Phi) is 6.63. The lowest BCUT2D eigenvalue weighted by molar-refractivity contribution is -0.0673. The number of hydrogen-bond acceptors (Lipinski definition) is 4. The summed E-state index contributed by atoms with van der Waals surface area (Å²) in [4.78, 5) is 14.9. The molecule has 1 aromatic rings. The zero-order valence-electron chi connectivity index (χ0n) is 19.8. The normalized spacial score (nSPS) is 21.2. The first-order valence-electron chi connectivity index (χ1n) is 10.4. The zero-order chi connectivity index (χ0) is 22.3. The van der Waals surface area contributed by atoms with Gasteiger partial charge in [-0.2, -0.15) is 0 Å². The van der Waals surface area contributed by atoms with Gasteiger partial charge in [0, 0.05) is 0 Å². The maximum atomic E-state index is 13.2. The van der Waals surface area contributed by atoms with Crippen LogP contribution in [0.3, 0.4) is 0 Å². The van der Waals surface area contributed by atoms with E-state index in [1.807, 2.05) is 52.8 Å². The summed E-state index contributed by atoms with van der Waals surface area (Å²) in [5.41, 5.74) is -0.295. The van der Waals surface area contributed by atoms with Crippen LogP contribution in [-0.4, -0.2) is 43.3 Å². The Bertz CT molecular complexity index is 704. The summed E-state index contributed by atoms with van der Waals surface area (Å²) in [7, 11) is -2.11. The van der Waals surface area contributed by atoms with Gasteiger partial charge < -0.3 is 13.9 Å². The fraction of sp³-hybridized carbons (Fsp3) is 0.696. The Balaban J connectivity index is 2.47. The smallest absolute Gasteiger partial charge is 0.413 e. The van der Waals surface area contributed by atoms with Gasteiger partial charge in [0.2, 0.25) is 0 Å². The van der Waals surface area contributed by atoms with Crippen molar-refractivity contribution in [2.24, 2.45) is 0 Å². The van der Waals surface area contributed by atoms with Gasteiger partial charge in [-0.3, -0.25) is 4.90 Å². The van der Waals surface area contributed by atoms with Gasteiger partial charge >= 0.3 is 6.09 Å². The molecule has 1 aliphatic rings. The largest absolute Gasteiger partial charge is 0.444 e. The lowest BCUT2D eigenvalue weighted by atomic mass is 10.0. The van der Waals surface area contributed by atoms with Crippen molar-refractivity contribution < 1.29 is 18.7 Å². The Morgan fingerprint density at radius 3 is 2.17 bits per heavy atom. The van der Waals surface area contributed by atoms with Crippen LogP contribution in [0, 0.1) is 0 Å². The molecule has 0 unspecified atom stereocenters. The average Bonchev–Trinajstić information content (AvgIpc) is 2.86. The van der Waals surface area contributed by atoms with Gasteiger partial charge in [-0.05, 0) is 58.3 Å². The Labute approximate surface area is 177 Å². The number of amides is 1. The second-order valence-corrected chi connectivity index (χ2v) is 15.6. The van der Waals surface area contributed by atoms with Crippen LogP contribution in [0.15, 0.2) is 30.3 Å². The summed E-state index contributed by atoms with van der Waals surface area (Å²) in [6.45, 7) is 21.0. The van der Waals surface area contributed by atoms with Gasteiger partial charge in [-0.15, -0.1) is 0 Å². The van der Waals surface area contributed by atoms with Crippen molar-refractivity contribution in [3.05, 3.63) is 35.9 Å². The molecule has 0 aromatic heterocycles. The van der Waals surface area contributed by atoms with Crippen LogP contribution in [0.2, 0.25) is 18.1 Å². The fourth-order valence-electron chi connectivity index (χ4n) is 3.23. The molecule has 0 N–H and O–H groups in total. The van der Waals surface area contributed by atoms with Gasteiger partial charge in [0.15, 0.2) is 8.32 Å². The molecular weight excluding hydrogens is 382 g/mol. The van der Waals surface area contributed by atoms with Crippen molar-refractivity contribution in [1.29, 1.82) is 0 Å². The van der Waals surface area contributed by atoms with Crippen LogP contribution in [0.1, 0.15) is 67.1 Å². The molecular formula is C23H39NO4Si. The molecule has 1 aliphatic heterocycles. The maximum Gasteiger partial charge on any atom is 0.413 e. The molecule has 1 saturated heterocycles. The molecule has 6 heteroatoms. The molecule has 164 valence electrons. The summed E-state index contributed by atoms with van der Waals surface area (Å²) in [6, 6.07) is 9.88. The van der Waals surface area contributed by atoms with E-state index < -0.39 is 19.6 Å². The van der Waals surface area contributed by atoms with E-state index >= 15 is 0 Å². The Morgan fingerprint density at radius 2 is 1.69 bits per heavy atom. The maximum absolute atomic E-state index is 13.2. The van der Waals surface area contributed by atoms with E-state index in [1.165, 1.54) is 0 Å². The SMILES string of the molecule is CC(C)(C)OC(=O)N1[C@@H]([C@H](O[Si](C)(C)C(C)(C)C)c2ccccc2)COC1(C)C. The molecule has 0 bridgehead atoms. The van der Waals surface area contributed by atoms with E-state index in [1.54, 1.807) is 4.90 Å². The monoisotopic (exact) mass is 421 g/mol. The predicted molar refractivity (Wildman–Crippen MR) is 119 cm³/mol. The van der Waals surface area contributed by atoms with Crippen molar-refractivity contribution >= 4 is 14.4 Å². The number of hydrogen-bond donors (Lipinski definition) is 0. The number of rotatable bonds is 4. The molecule has 0 radical (unpaired) electrons. The van der Waals surface area contributed by atoms with Gasteiger partial charge in [0.1, 0.15) is 11.3 Å². The number of ether oxygens (including phenoxy) is 2. The van der Waals surface area contributed by atoms with Crippen molar-refractivity contribution in [1.82, 2.24) is 4.90 Å². The first-order valence-corrected chi connectivity index (χ1v) is 13.3. The standard InChI is InChI=1S/C23H39NO4Si/c1-21(2,3)27-20(25)24-18(16-26-23(24,7)8)19(17-14-12-11-13-15-17)28-29(9,10)22(4,5)6/h11-15,18-19H,16H2,1-10H3/t18-,19-/m1/s1. The third kappa shape index (κ3) is 5.62. The molecule has 1 amide bonds. The van der Waals surface area contributed by atoms with E-state index in [9.17, 15) is 4.79 Å². The number of carbonyl (C=O) groups is 1. The van der Waals surface area contributed by atoms with Gasteiger partial charge in [-0.25, -0.2) is 4.79 Å². The van der Waals surface area contributed by atoms with Crippen LogP contribution in [0.5, 0.6) is 0 Å². The third-order valence-corrected chi connectivity index (χ3v) is 10.3. The second kappa shape index (κ2) is 8.04. The minimum Gasteiger partial charge on any atom is -0.444 e. The summed E-state index contributed by atoms with van der Waals surface area (Å²) in [5, 5.41) is 0.0474. The average molecular weight is 422 g/mol. The van der Waals surface area contributed by atoms with Crippen LogP contribution >= 0.6 is 0 Å². The molecule has 5 nitrogen and oxygen atoms in total. The highest BCUT2D eigenvalue weighted by Crippen LogP contribution is 2.44. The molecule has 2 rings (SSSR count). The highest BCUT2D eigenvalue weighted by Gasteiger charge is 2.51. The molecule has 1 heterocycles. The lowest BCUT2D eigenvalue weighted by Gasteiger charge is -2.43. The number of benzene rings is 1. The highest BCUT2D eigenvalue weighted by molar-refractivity contribution is 6.74. The molecule has 1 aromatic carbocycles. The van der Waals surface area contributed by atoms with Crippen LogP contribution < -0.4 is 0 Å². The Morgan fingerprint density at radius 1 is 1.14 bits per heavy atom. The van der Waals surface area contributed by atoms with E-state index in [0.717, 1.165) is 5.56 Å². The second-order valence-electron chi connectivity index (χ2n) is 10.9. The van der Waals surface area contributed by atoms with E-state index in [-0.39, 0.29) is 23.3 Å². The van der Waals surface area contributed by atoms with E-state index in [4.69, 9.17) is 13.9 Å². The predicted octanol–water partition coefficient (Wildman–Crippen LogP) is 6.12. The topological polar surface area (TPSA) is 48.0 Å². The van der Waals surface area contributed by atoms with Crippen molar-refractivity contribution in [3.8, 4) is 0 Å². The summed E-state index contributed by atoms with van der Waals surface area (Å²) in [6.07, 6.45) is -0.656. The lowest BCUT2D eigenvalue weighted by Crippen LogP contribution is -2.53. The van der Waals surface area contributed by atoms with Gasteiger partial charge in [0.25, 0.3) is 0 Å². The fourth-order valence-corrected chi connectivity index (χ4v) is 4.51. The molecule has 0 aliphatic carbocycles. The zero-order valence-corrected chi connectivity index (χ0v) is 20.8.